The summed E-state index contributed by atoms with van der Waals surface area (Å²) in [7, 11) is -3.74. The number of carboxylic acids is 1. The number of primary sulfonamides is 1. The van der Waals surface area contributed by atoms with Gasteiger partial charge in [-0.15, -0.1) is 0 Å². The Kier molecular flexibility index (Phi) is 10.9. The van der Waals surface area contributed by atoms with Crippen LogP contribution in [0, 0.1) is 0 Å². The number of hydrogen-bond acceptors (Lipinski definition) is 5. The lowest BCUT2D eigenvalue weighted by atomic mass is 10.2. The van der Waals surface area contributed by atoms with Crippen molar-refractivity contribution >= 4 is 27.8 Å². The summed E-state index contributed by atoms with van der Waals surface area (Å²) in [4.78, 5) is 31.4. The molecule has 0 aliphatic carbocycles. The molecule has 1 aromatic carbocycles. The molecule has 9 nitrogen and oxygen atoms in total. The molecule has 0 bridgehead atoms. The molecule has 5 N–H and O–H groups in total. The normalized spacial score (nSPS) is 17.0. The third-order valence-corrected chi connectivity index (χ3v) is 5.16. The summed E-state index contributed by atoms with van der Waals surface area (Å²) in [5.41, 5.74) is 0.0207. The third kappa shape index (κ3) is 11.2. The average molecular weight is 428 g/mol. The highest BCUT2D eigenvalue weighted by Crippen LogP contribution is 2.08. The molecular weight excluding hydrogens is 398 g/mol. The third-order valence-electron chi connectivity index (χ3n) is 4.24. The van der Waals surface area contributed by atoms with Crippen molar-refractivity contribution in [1.29, 1.82) is 0 Å². The van der Waals surface area contributed by atoms with E-state index in [-0.39, 0.29) is 22.3 Å². The van der Waals surface area contributed by atoms with E-state index in [9.17, 15) is 22.8 Å². The fraction of sp³-hybridized carbons (Fsp3) is 0.526. The van der Waals surface area contributed by atoms with Gasteiger partial charge in [0.05, 0.1) is 10.5 Å². The van der Waals surface area contributed by atoms with Gasteiger partial charge in [0.25, 0.3) is 0 Å². The summed E-state index contributed by atoms with van der Waals surface area (Å²) < 4.78 is 21.5. The smallest absolute Gasteiger partial charge is 0.335 e. The molecule has 2 fully saturated rings. The monoisotopic (exact) mass is 427 g/mol. The van der Waals surface area contributed by atoms with E-state index in [1.54, 1.807) is 0 Å². The molecule has 2 aliphatic rings. The van der Waals surface area contributed by atoms with E-state index in [2.05, 4.69) is 10.6 Å². The summed E-state index contributed by atoms with van der Waals surface area (Å²) in [5, 5.41) is 18.9. The number of carbonyl (C=O) groups is 3. The second kappa shape index (κ2) is 12.9. The van der Waals surface area contributed by atoms with E-state index in [1.807, 2.05) is 0 Å². The van der Waals surface area contributed by atoms with Gasteiger partial charge in [0.2, 0.25) is 21.8 Å². The van der Waals surface area contributed by atoms with Gasteiger partial charge in [-0.25, -0.2) is 18.4 Å². The Balaban J connectivity index is 0.000000228. The first-order valence-corrected chi connectivity index (χ1v) is 11.1. The number of benzene rings is 1. The Morgan fingerprint density at radius 3 is 1.66 bits per heavy atom. The summed E-state index contributed by atoms with van der Waals surface area (Å²) in [6.45, 7) is 1.78. The van der Waals surface area contributed by atoms with E-state index in [1.165, 1.54) is 25.0 Å². The highest BCUT2D eigenvalue weighted by Gasteiger charge is 2.08. The van der Waals surface area contributed by atoms with E-state index in [0.717, 1.165) is 63.7 Å². The highest BCUT2D eigenvalue weighted by molar-refractivity contribution is 7.89. The van der Waals surface area contributed by atoms with Gasteiger partial charge in [0.15, 0.2) is 0 Å². The van der Waals surface area contributed by atoms with Crippen LogP contribution in [-0.2, 0) is 19.6 Å². The molecule has 1 aromatic rings. The molecule has 2 aliphatic heterocycles. The average Bonchev–Trinajstić information content (AvgIpc) is 3.06. The van der Waals surface area contributed by atoms with E-state index in [4.69, 9.17) is 10.2 Å². The minimum Gasteiger partial charge on any atom is -0.478 e. The van der Waals surface area contributed by atoms with Crippen LogP contribution in [0.15, 0.2) is 29.2 Å². The van der Waals surface area contributed by atoms with Gasteiger partial charge in [-0.1, -0.05) is 12.8 Å². The minimum absolute atomic E-state index is 0.0207. The molecule has 0 aromatic heterocycles. The Hall–Kier alpha value is -2.46. The molecule has 162 valence electrons. The van der Waals surface area contributed by atoms with Gasteiger partial charge in [0, 0.05) is 25.9 Å². The van der Waals surface area contributed by atoms with Gasteiger partial charge in [0.1, 0.15) is 0 Å². The number of amides is 2. The Morgan fingerprint density at radius 2 is 1.28 bits per heavy atom. The van der Waals surface area contributed by atoms with Crippen molar-refractivity contribution in [3.8, 4) is 0 Å². The van der Waals surface area contributed by atoms with Crippen LogP contribution >= 0.6 is 0 Å². The lowest BCUT2D eigenvalue weighted by Crippen LogP contribution is -2.21. The van der Waals surface area contributed by atoms with Gasteiger partial charge in [-0.3, -0.25) is 9.59 Å². The van der Waals surface area contributed by atoms with Crippen molar-refractivity contribution in [1.82, 2.24) is 10.6 Å². The summed E-state index contributed by atoms with van der Waals surface area (Å²) in [6, 6.07) is 4.67. The molecular formula is C19H29N3O6S. The van der Waals surface area contributed by atoms with Gasteiger partial charge in [-0.05, 0) is 49.9 Å². The molecule has 2 amide bonds. The van der Waals surface area contributed by atoms with E-state index in [0.29, 0.717) is 0 Å². The van der Waals surface area contributed by atoms with Crippen molar-refractivity contribution in [2.45, 2.75) is 56.3 Å². The molecule has 10 heteroatoms. The highest BCUT2D eigenvalue weighted by atomic mass is 32.2. The number of nitrogens with two attached hydrogens (primary N) is 1. The lowest BCUT2D eigenvalue weighted by molar-refractivity contribution is -0.121. The molecule has 0 saturated carbocycles. The molecule has 0 atom stereocenters. The first-order chi connectivity index (χ1) is 13.7. The van der Waals surface area contributed by atoms with Gasteiger partial charge < -0.3 is 15.7 Å². The fourth-order valence-corrected chi connectivity index (χ4v) is 3.11. The molecule has 3 rings (SSSR count). The molecule has 0 spiro atoms. The van der Waals surface area contributed by atoms with Crippen molar-refractivity contribution < 1.29 is 27.9 Å². The second-order valence-electron chi connectivity index (χ2n) is 6.70. The zero-order valence-electron chi connectivity index (χ0n) is 16.4. The zero-order valence-corrected chi connectivity index (χ0v) is 17.2. The number of aromatic carboxylic acids is 1. The van der Waals surface area contributed by atoms with E-state index < -0.39 is 16.0 Å². The first-order valence-electron chi connectivity index (χ1n) is 9.59. The van der Waals surface area contributed by atoms with Crippen LogP contribution in [0.5, 0.6) is 0 Å². The maximum absolute atomic E-state index is 10.7. The number of sulfonamides is 1. The number of hydrogen-bond donors (Lipinski definition) is 4. The number of rotatable bonds is 2. The Morgan fingerprint density at radius 1 is 0.828 bits per heavy atom. The summed E-state index contributed by atoms with van der Waals surface area (Å²) >= 11 is 0. The van der Waals surface area contributed by atoms with Gasteiger partial charge >= 0.3 is 5.97 Å². The van der Waals surface area contributed by atoms with Crippen molar-refractivity contribution in [2.24, 2.45) is 5.14 Å². The summed E-state index contributed by atoms with van der Waals surface area (Å²) in [6.07, 6.45) is 8.35. The minimum atomic E-state index is -3.74. The van der Waals surface area contributed by atoms with Gasteiger partial charge in [-0.2, -0.15) is 0 Å². The standard InChI is InChI=1S/C7H7NO4S.2C6H11NO/c8-13(11,12)6-3-1-5(2-4-6)7(9)10;2*8-6-4-2-1-3-5-7-6/h1-4H,(H,9,10)(H2,8,11,12);2*1-5H2,(H,7,8). The molecule has 0 radical (unpaired) electrons. The maximum atomic E-state index is 10.7. The predicted octanol–water partition coefficient (Wildman–Crippen LogP) is 1.39. The zero-order chi connectivity index (χ0) is 21.7. The molecule has 2 saturated heterocycles. The topological polar surface area (TPSA) is 156 Å². The second-order valence-corrected chi connectivity index (χ2v) is 8.26. The van der Waals surface area contributed by atoms with Crippen molar-refractivity contribution in [2.75, 3.05) is 13.1 Å². The fourth-order valence-electron chi connectivity index (χ4n) is 2.59. The first kappa shape index (κ1) is 24.6. The number of nitrogens with one attached hydrogen (secondary N) is 2. The Bertz CT molecular complexity index is 734. The Labute approximate surface area is 171 Å². The van der Waals surface area contributed by atoms with Crippen LogP contribution in [0.3, 0.4) is 0 Å². The predicted molar refractivity (Wildman–Crippen MR) is 108 cm³/mol. The van der Waals surface area contributed by atoms with Crippen LogP contribution in [0.25, 0.3) is 0 Å². The quantitative estimate of drug-likeness (QED) is 0.559. The molecule has 2 heterocycles. The van der Waals surface area contributed by atoms with Crippen molar-refractivity contribution in [3.05, 3.63) is 29.8 Å². The van der Waals surface area contributed by atoms with Crippen molar-refractivity contribution in [3.63, 3.8) is 0 Å². The SMILES string of the molecule is NS(=O)(=O)c1ccc(C(=O)O)cc1.O=C1CCCCCN1.O=C1CCCCCN1. The summed E-state index contributed by atoms with van der Waals surface area (Å²) in [5.74, 6) is -0.661. The molecule has 0 unspecified atom stereocenters. The van der Waals surface area contributed by atoms with E-state index >= 15 is 0 Å². The largest absolute Gasteiger partial charge is 0.478 e. The van der Waals surface area contributed by atoms with Crippen LogP contribution in [0.1, 0.15) is 61.7 Å². The molecule has 29 heavy (non-hydrogen) atoms. The number of carboxylic acid groups (broad SMARTS) is 1. The van der Waals surface area contributed by atoms with Crippen LogP contribution in [-0.4, -0.2) is 44.4 Å². The lowest BCUT2D eigenvalue weighted by Gasteiger charge is -1.97. The van der Waals surface area contributed by atoms with Crippen LogP contribution in [0.4, 0.5) is 0 Å². The maximum Gasteiger partial charge on any atom is 0.335 e. The van der Waals surface area contributed by atoms with Crippen LogP contribution in [0.2, 0.25) is 0 Å². The number of carbonyl (C=O) groups excluding carboxylic acids is 2. The van der Waals surface area contributed by atoms with Crippen LogP contribution < -0.4 is 15.8 Å².